The normalized spacial score (nSPS) is 24.6. The fourth-order valence-electron chi connectivity index (χ4n) is 1.38. The van der Waals surface area contributed by atoms with Gasteiger partial charge in [0.25, 0.3) is 0 Å². The van der Waals surface area contributed by atoms with E-state index in [1.54, 1.807) is 0 Å². The van der Waals surface area contributed by atoms with Crippen molar-refractivity contribution in [3.05, 3.63) is 11.8 Å². The van der Waals surface area contributed by atoms with Gasteiger partial charge in [0.2, 0.25) is 0 Å². The molecule has 12 heavy (non-hydrogen) atoms. The SMILES string of the molecule is CN[C@H](C)/C=C1\CCCCN1O. The lowest BCUT2D eigenvalue weighted by Crippen LogP contribution is -2.27. The zero-order chi connectivity index (χ0) is 8.97. The molecule has 1 aliphatic heterocycles. The highest BCUT2D eigenvalue weighted by molar-refractivity contribution is 5.04. The lowest BCUT2D eigenvalue weighted by atomic mass is 10.1. The summed E-state index contributed by atoms with van der Waals surface area (Å²) in [5, 5.41) is 13.9. The van der Waals surface area contributed by atoms with Gasteiger partial charge in [-0.05, 0) is 39.3 Å². The Morgan fingerprint density at radius 3 is 2.92 bits per heavy atom. The molecule has 1 heterocycles. The van der Waals surface area contributed by atoms with Gasteiger partial charge in [-0.3, -0.25) is 10.3 Å². The predicted molar refractivity (Wildman–Crippen MR) is 48.9 cm³/mol. The highest BCUT2D eigenvalue weighted by atomic mass is 16.5. The highest BCUT2D eigenvalue weighted by Gasteiger charge is 2.12. The van der Waals surface area contributed by atoms with Crippen LogP contribution in [0, 0.1) is 0 Å². The Labute approximate surface area is 74.0 Å². The van der Waals surface area contributed by atoms with Crippen molar-refractivity contribution in [2.45, 2.75) is 32.2 Å². The van der Waals surface area contributed by atoms with Crippen LogP contribution in [0.25, 0.3) is 0 Å². The molecule has 0 amide bonds. The number of rotatable bonds is 2. The quantitative estimate of drug-likeness (QED) is 0.656. The Balaban J connectivity index is 2.52. The van der Waals surface area contributed by atoms with Crippen molar-refractivity contribution in [3.63, 3.8) is 0 Å². The van der Waals surface area contributed by atoms with Crippen LogP contribution in [0.15, 0.2) is 11.8 Å². The van der Waals surface area contributed by atoms with Crippen molar-refractivity contribution in [2.24, 2.45) is 0 Å². The van der Waals surface area contributed by atoms with Gasteiger partial charge in [0.15, 0.2) is 0 Å². The summed E-state index contributed by atoms with van der Waals surface area (Å²) >= 11 is 0. The Morgan fingerprint density at radius 1 is 1.58 bits per heavy atom. The van der Waals surface area contributed by atoms with Crippen LogP contribution in [-0.4, -0.2) is 29.9 Å². The average Bonchev–Trinajstić information content (AvgIpc) is 2.09. The number of nitrogens with zero attached hydrogens (tertiary/aromatic N) is 1. The molecular weight excluding hydrogens is 152 g/mol. The summed E-state index contributed by atoms with van der Waals surface area (Å²) in [5.41, 5.74) is 1.06. The second-order valence-electron chi connectivity index (χ2n) is 3.32. The molecule has 1 aliphatic rings. The second-order valence-corrected chi connectivity index (χ2v) is 3.32. The molecule has 1 rings (SSSR count). The minimum Gasteiger partial charge on any atom is -0.314 e. The molecule has 0 spiro atoms. The molecule has 1 atom stereocenters. The minimum absolute atomic E-state index is 0.341. The largest absolute Gasteiger partial charge is 0.314 e. The molecule has 1 fully saturated rings. The number of nitrogens with one attached hydrogen (secondary N) is 1. The first-order valence-corrected chi connectivity index (χ1v) is 4.58. The maximum absolute atomic E-state index is 9.45. The number of hydrogen-bond donors (Lipinski definition) is 2. The van der Waals surface area contributed by atoms with E-state index in [2.05, 4.69) is 18.3 Å². The second kappa shape index (κ2) is 4.48. The standard InChI is InChI=1S/C9H18N2O/c1-8(10-2)7-9-5-3-4-6-11(9)12/h7-8,10,12H,3-6H2,1-2H3/b9-7+/t8-/m1/s1. The third-order valence-electron chi connectivity index (χ3n) is 2.28. The molecule has 0 aliphatic carbocycles. The van der Waals surface area contributed by atoms with Crippen LogP contribution in [0.1, 0.15) is 26.2 Å². The van der Waals surface area contributed by atoms with Crippen LogP contribution in [0.5, 0.6) is 0 Å². The summed E-state index contributed by atoms with van der Waals surface area (Å²) in [7, 11) is 1.92. The summed E-state index contributed by atoms with van der Waals surface area (Å²) in [6, 6.07) is 0.341. The zero-order valence-corrected chi connectivity index (χ0v) is 7.88. The maximum Gasteiger partial charge on any atom is 0.0449 e. The Hall–Kier alpha value is -0.540. The number of likely N-dealkylation sites (N-methyl/N-ethyl adjacent to an activating group) is 1. The van der Waals surface area contributed by atoms with Crippen molar-refractivity contribution < 1.29 is 5.21 Å². The topological polar surface area (TPSA) is 35.5 Å². The summed E-state index contributed by atoms with van der Waals surface area (Å²) in [5.74, 6) is 0. The van der Waals surface area contributed by atoms with E-state index in [0.29, 0.717) is 6.04 Å². The molecule has 0 aromatic carbocycles. The monoisotopic (exact) mass is 170 g/mol. The van der Waals surface area contributed by atoms with Crippen molar-refractivity contribution in [1.82, 2.24) is 10.4 Å². The molecule has 3 heteroatoms. The van der Waals surface area contributed by atoms with Crippen LogP contribution >= 0.6 is 0 Å². The van der Waals surface area contributed by atoms with E-state index in [0.717, 1.165) is 25.1 Å². The zero-order valence-electron chi connectivity index (χ0n) is 7.88. The van der Waals surface area contributed by atoms with Gasteiger partial charge in [-0.25, -0.2) is 0 Å². The molecule has 0 radical (unpaired) electrons. The van der Waals surface area contributed by atoms with Crippen molar-refractivity contribution in [1.29, 1.82) is 0 Å². The van der Waals surface area contributed by atoms with Crippen LogP contribution in [-0.2, 0) is 0 Å². The van der Waals surface area contributed by atoms with E-state index in [1.807, 2.05) is 7.05 Å². The number of hydroxylamine groups is 2. The first-order chi connectivity index (χ1) is 5.74. The fraction of sp³-hybridized carbons (Fsp3) is 0.778. The lowest BCUT2D eigenvalue weighted by Gasteiger charge is -2.26. The summed E-state index contributed by atoms with van der Waals surface area (Å²) in [6.45, 7) is 2.86. The molecule has 0 aromatic rings. The van der Waals surface area contributed by atoms with Gasteiger partial charge in [0.05, 0.1) is 0 Å². The maximum atomic E-state index is 9.45. The van der Waals surface area contributed by atoms with Crippen molar-refractivity contribution >= 4 is 0 Å². The van der Waals surface area contributed by atoms with Gasteiger partial charge in [0.1, 0.15) is 0 Å². The van der Waals surface area contributed by atoms with E-state index in [4.69, 9.17) is 0 Å². The van der Waals surface area contributed by atoms with E-state index in [1.165, 1.54) is 11.5 Å². The van der Waals surface area contributed by atoms with Crippen LogP contribution in [0.3, 0.4) is 0 Å². The van der Waals surface area contributed by atoms with Crippen LogP contribution < -0.4 is 5.32 Å². The highest BCUT2D eigenvalue weighted by Crippen LogP contribution is 2.18. The number of allylic oxidation sites excluding steroid dienone is 1. The Kier molecular flexibility index (Phi) is 3.56. The van der Waals surface area contributed by atoms with Gasteiger partial charge in [-0.1, -0.05) is 0 Å². The number of piperidine rings is 1. The van der Waals surface area contributed by atoms with Gasteiger partial charge >= 0.3 is 0 Å². The van der Waals surface area contributed by atoms with Gasteiger partial charge in [0, 0.05) is 18.3 Å². The molecule has 2 N–H and O–H groups in total. The van der Waals surface area contributed by atoms with E-state index in [9.17, 15) is 5.21 Å². The van der Waals surface area contributed by atoms with E-state index < -0.39 is 0 Å². The molecule has 3 nitrogen and oxygen atoms in total. The lowest BCUT2D eigenvalue weighted by molar-refractivity contribution is -0.0692. The fourth-order valence-corrected chi connectivity index (χ4v) is 1.38. The molecule has 0 aromatic heterocycles. The van der Waals surface area contributed by atoms with E-state index in [-0.39, 0.29) is 0 Å². The Morgan fingerprint density at radius 2 is 2.33 bits per heavy atom. The average molecular weight is 170 g/mol. The Bertz CT molecular complexity index is 168. The summed E-state index contributed by atoms with van der Waals surface area (Å²) in [4.78, 5) is 0. The molecule has 0 bridgehead atoms. The smallest absolute Gasteiger partial charge is 0.0449 e. The number of hydrogen-bond acceptors (Lipinski definition) is 3. The first-order valence-electron chi connectivity index (χ1n) is 4.58. The third kappa shape index (κ3) is 2.50. The molecular formula is C9H18N2O. The summed E-state index contributed by atoms with van der Waals surface area (Å²) in [6.07, 6.45) is 5.38. The van der Waals surface area contributed by atoms with E-state index >= 15 is 0 Å². The molecule has 0 saturated carbocycles. The first kappa shape index (κ1) is 9.55. The third-order valence-corrected chi connectivity index (χ3v) is 2.28. The minimum atomic E-state index is 0.341. The van der Waals surface area contributed by atoms with Gasteiger partial charge in [-0.2, -0.15) is 0 Å². The van der Waals surface area contributed by atoms with Gasteiger partial charge < -0.3 is 5.32 Å². The van der Waals surface area contributed by atoms with Crippen LogP contribution in [0.2, 0.25) is 0 Å². The van der Waals surface area contributed by atoms with Crippen LogP contribution in [0.4, 0.5) is 0 Å². The molecule has 1 saturated heterocycles. The van der Waals surface area contributed by atoms with Crippen molar-refractivity contribution in [3.8, 4) is 0 Å². The molecule has 0 unspecified atom stereocenters. The molecule has 70 valence electrons. The predicted octanol–water partition coefficient (Wildman–Crippen LogP) is 1.35. The summed E-state index contributed by atoms with van der Waals surface area (Å²) < 4.78 is 0. The van der Waals surface area contributed by atoms with Crippen molar-refractivity contribution in [2.75, 3.05) is 13.6 Å². The van der Waals surface area contributed by atoms with Gasteiger partial charge in [-0.15, -0.1) is 0 Å².